The van der Waals surface area contributed by atoms with Gasteiger partial charge in [0.25, 0.3) is 0 Å². The quantitative estimate of drug-likeness (QED) is 0.638. The highest BCUT2D eigenvalue weighted by Crippen LogP contribution is 2.14. The molecule has 2 heterocycles. The van der Waals surface area contributed by atoms with Crippen molar-refractivity contribution in [2.75, 3.05) is 20.8 Å². The number of aromatic nitrogens is 1. The molecule has 5 nitrogen and oxygen atoms in total. The number of methoxy groups -OCH3 is 2. The van der Waals surface area contributed by atoms with Gasteiger partial charge in [0, 0.05) is 10.7 Å². The molecule has 2 rings (SSSR count). The van der Waals surface area contributed by atoms with Crippen LogP contribution in [0.2, 0.25) is 0 Å². The summed E-state index contributed by atoms with van der Waals surface area (Å²) in [5.41, 5.74) is 0. The van der Waals surface area contributed by atoms with Gasteiger partial charge in [0.2, 0.25) is 0 Å². The van der Waals surface area contributed by atoms with E-state index >= 15 is 0 Å². The molecule has 6 heteroatoms. The lowest BCUT2D eigenvalue weighted by Crippen LogP contribution is -2.31. The van der Waals surface area contributed by atoms with Crippen LogP contribution in [0.3, 0.4) is 0 Å². The molecule has 1 aromatic rings. The number of rotatable bonds is 2. The van der Waals surface area contributed by atoms with Crippen molar-refractivity contribution in [2.24, 2.45) is 0 Å². The number of esters is 1. The standard InChI is InChI=1S/C6H6BrNO.C6H11NO2.C2H6.C2H2/c1-9-6-2-5(7)3-8-4-6;1-9-6(8)5-3-2-4-7-5;2*1-2/h2-4H,1H3;5,7H,2-4H2,1H3;1-2H3;1-2H/t;5-;;/m.0../s1. The number of hydrogen-bond donors (Lipinski definition) is 1. The second kappa shape index (κ2) is 15.8. The predicted molar refractivity (Wildman–Crippen MR) is 92.8 cm³/mol. The van der Waals surface area contributed by atoms with Crippen molar-refractivity contribution in [2.45, 2.75) is 32.7 Å². The van der Waals surface area contributed by atoms with Gasteiger partial charge < -0.3 is 14.8 Å². The van der Waals surface area contributed by atoms with E-state index < -0.39 is 0 Å². The molecule has 1 saturated heterocycles. The minimum Gasteiger partial charge on any atom is -0.495 e. The van der Waals surface area contributed by atoms with E-state index in [1.165, 1.54) is 7.11 Å². The molecule has 1 aromatic heterocycles. The third-order valence-electron chi connectivity index (χ3n) is 2.46. The van der Waals surface area contributed by atoms with Crippen LogP contribution < -0.4 is 10.1 Å². The normalized spacial score (nSPS) is 14.8. The Bertz CT molecular complexity index is 419. The molecule has 1 aliphatic heterocycles. The van der Waals surface area contributed by atoms with Crippen LogP contribution in [-0.4, -0.2) is 37.8 Å². The summed E-state index contributed by atoms with van der Waals surface area (Å²) < 4.78 is 10.4. The maximum absolute atomic E-state index is 10.7. The van der Waals surface area contributed by atoms with Gasteiger partial charge in [0.05, 0.1) is 20.4 Å². The molecule has 0 amide bonds. The largest absolute Gasteiger partial charge is 0.495 e. The molecule has 0 aliphatic carbocycles. The summed E-state index contributed by atoms with van der Waals surface area (Å²) in [6, 6.07) is 1.82. The van der Waals surface area contributed by atoms with E-state index in [1.54, 1.807) is 19.5 Å². The number of halogens is 1. The number of pyridine rings is 1. The smallest absolute Gasteiger partial charge is 0.322 e. The first-order valence-electron chi connectivity index (χ1n) is 6.96. The minimum atomic E-state index is -0.132. The van der Waals surface area contributed by atoms with Gasteiger partial charge in [-0.15, -0.1) is 12.8 Å². The molecule has 0 aromatic carbocycles. The van der Waals surface area contributed by atoms with Crippen LogP contribution in [0.5, 0.6) is 5.75 Å². The number of terminal acetylenes is 1. The monoisotopic (exact) mass is 372 g/mol. The van der Waals surface area contributed by atoms with Gasteiger partial charge in [-0.3, -0.25) is 9.78 Å². The molecule has 0 saturated carbocycles. The van der Waals surface area contributed by atoms with Crippen molar-refractivity contribution in [3.8, 4) is 18.6 Å². The Kier molecular flexibility index (Phi) is 16.3. The fourth-order valence-electron chi connectivity index (χ4n) is 1.53. The zero-order chi connectivity index (χ0) is 17.4. The Labute approximate surface area is 141 Å². The maximum atomic E-state index is 10.7. The lowest BCUT2D eigenvalue weighted by molar-refractivity contribution is -0.142. The summed E-state index contributed by atoms with van der Waals surface area (Å²) in [6.45, 7) is 4.94. The first-order valence-corrected chi connectivity index (χ1v) is 7.75. The van der Waals surface area contributed by atoms with Gasteiger partial charge in [-0.2, -0.15) is 0 Å². The molecule has 1 aliphatic rings. The second-order valence-corrected chi connectivity index (χ2v) is 4.63. The van der Waals surface area contributed by atoms with E-state index in [1.807, 2.05) is 19.9 Å². The average Bonchev–Trinajstić information content (AvgIpc) is 3.13. The summed E-state index contributed by atoms with van der Waals surface area (Å²) >= 11 is 3.26. The van der Waals surface area contributed by atoms with Crippen LogP contribution >= 0.6 is 15.9 Å². The van der Waals surface area contributed by atoms with Crippen molar-refractivity contribution < 1.29 is 14.3 Å². The Morgan fingerprint density at radius 3 is 2.36 bits per heavy atom. The van der Waals surface area contributed by atoms with Crippen LogP contribution in [0.1, 0.15) is 26.7 Å². The highest BCUT2D eigenvalue weighted by atomic mass is 79.9. The molecule has 0 radical (unpaired) electrons. The van der Waals surface area contributed by atoms with E-state index in [0.29, 0.717) is 0 Å². The third-order valence-corrected chi connectivity index (χ3v) is 2.90. The fourth-order valence-corrected chi connectivity index (χ4v) is 1.88. The van der Waals surface area contributed by atoms with Crippen LogP contribution in [-0.2, 0) is 9.53 Å². The van der Waals surface area contributed by atoms with Gasteiger partial charge in [-0.25, -0.2) is 0 Å². The van der Waals surface area contributed by atoms with Crippen molar-refractivity contribution in [3.05, 3.63) is 22.9 Å². The lowest BCUT2D eigenvalue weighted by atomic mass is 10.2. The zero-order valence-electron chi connectivity index (χ0n) is 13.6. The second-order valence-electron chi connectivity index (χ2n) is 3.72. The summed E-state index contributed by atoms with van der Waals surface area (Å²) in [4.78, 5) is 14.6. The van der Waals surface area contributed by atoms with Crippen LogP contribution in [0.25, 0.3) is 0 Å². The van der Waals surface area contributed by atoms with Crippen molar-refractivity contribution >= 4 is 21.9 Å². The van der Waals surface area contributed by atoms with E-state index in [-0.39, 0.29) is 12.0 Å². The number of carbonyl (C=O) groups is 1. The summed E-state index contributed by atoms with van der Waals surface area (Å²) in [5, 5.41) is 3.03. The minimum absolute atomic E-state index is 0.0324. The molecule has 1 fully saturated rings. The van der Waals surface area contributed by atoms with Gasteiger partial charge in [-0.05, 0) is 41.4 Å². The van der Waals surface area contributed by atoms with Crippen LogP contribution in [0.4, 0.5) is 0 Å². The third kappa shape index (κ3) is 10.2. The number of carbonyl (C=O) groups excluding carboxylic acids is 1. The van der Waals surface area contributed by atoms with Crippen molar-refractivity contribution in [1.29, 1.82) is 0 Å². The fraction of sp³-hybridized carbons (Fsp3) is 0.500. The maximum Gasteiger partial charge on any atom is 0.322 e. The van der Waals surface area contributed by atoms with E-state index in [9.17, 15) is 4.79 Å². The van der Waals surface area contributed by atoms with Gasteiger partial charge in [0.15, 0.2) is 0 Å². The van der Waals surface area contributed by atoms with Crippen LogP contribution in [0, 0.1) is 12.8 Å². The van der Waals surface area contributed by atoms with Gasteiger partial charge in [0.1, 0.15) is 11.8 Å². The summed E-state index contributed by atoms with van der Waals surface area (Å²) in [5.74, 6) is 0.636. The topological polar surface area (TPSA) is 60.5 Å². The van der Waals surface area contributed by atoms with E-state index in [2.05, 4.69) is 43.8 Å². The lowest BCUT2D eigenvalue weighted by Gasteiger charge is -2.04. The zero-order valence-corrected chi connectivity index (χ0v) is 15.2. The number of ether oxygens (including phenoxy) is 2. The van der Waals surface area contributed by atoms with E-state index in [0.717, 1.165) is 29.6 Å². The van der Waals surface area contributed by atoms with E-state index in [4.69, 9.17) is 4.74 Å². The molecule has 0 bridgehead atoms. The first-order chi connectivity index (χ1) is 10.7. The molecular weight excluding hydrogens is 348 g/mol. The van der Waals surface area contributed by atoms with Crippen molar-refractivity contribution in [3.63, 3.8) is 0 Å². The molecule has 22 heavy (non-hydrogen) atoms. The van der Waals surface area contributed by atoms with Gasteiger partial charge >= 0.3 is 5.97 Å². The average molecular weight is 373 g/mol. The molecular formula is C16H25BrN2O3. The molecule has 0 unspecified atom stereocenters. The Morgan fingerprint density at radius 2 is 2.00 bits per heavy atom. The molecule has 1 N–H and O–H groups in total. The predicted octanol–water partition coefficient (Wildman–Crippen LogP) is 3.04. The number of hydrogen-bond acceptors (Lipinski definition) is 5. The van der Waals surface area contributed by atoms with Crippen LogP contribution in [0.15, 0.2) is 22.9 Å². The number of nitrogens with one attached hydrogen (secondary N) is 1. The molecule has 124 valence electrons. The Morgan fingerprint density at radius 1 is 1.36 bits per heavy atom. The SMILES string of the molecule is C#C.CC.COC(=O)[C@@H]1CCCN1.COc1cncc(Br)c1. The Hall–Kier alpha value is -1.58. The summed E-state index contributed by atoms with van der Waals surface area (Å²) in [6.07, 6.45) is 13.4. The highest BCUT2D eigenvalue weighted by Gasteiger charge is 2.21. The molecule has 1 atom stereocenters. The first kappa shape index (κ1) is 22.7. The van der Waals surface area contributed by atoms with Crippen molar-refractivity contribution in [1.82, 2.24) is 10.3 Å². The highest BCUT2D eigenvalue weighted by molar-refractivity contribution is 9.10. The Balaban J connectivity index is 0. The number of nitrogens with zero attached hydrogens (tertiary/aromatic N) is 1. The molecule has 0 spiro atoms. The summed E-state index contributed by atoms with van der Waals surface area (Å²) in [7, 11) is 3.03. The van der Waals surface area contributed by atoms with Gasteiger partial charge in [-0.1, -0.05) is 13.8 Å².